The maximum absolute atomic E-state index is 12.1. The number of hydrogen-bond acceptors (Lipinski definition) is 3. The number of rotatable bonds is 1. The Hall–Kier alpha value is -1.42. The molecule has 0 fully saturated rings. The monoisotopic (exact) mass is 234 g/mol. The molecule has 0 amide bonds. The van der Waals surface area contributed by atoms with E-state index in [-0.39, 0.29) is 0 Å². The summed E-state index contributed by atoms with van der Waals surface area (Å²) in [6.07, 6.45) is 1.61. The van der Waals surface area contributed by atoms with E-state index in [0.717, 1.165) is 16.5 Å². The third kappa shape index (κ3) is 1.80. The summed E-state index contributed by atoms with van der Waals surface area (Å²) < 4.78 is 16.0. The lowest BCUT2D eigenvalue weighted by Gasteiger charge is -2.07. The Morgan fingerprint density at radius 1 is 1.31 bits per heavy atom. The van der Waals surface area contributed by atoms with Crippen molar-refractivity contribution in [1.82, 2.24) is 4.98 Å². The Morgan fingerprint density at radius 2 is 2.00 bits per heavy atom. The van der Waals surface area contributed by atoms with Gasteiger partial charge in [-0.15, -0.1) is 0 Å². The molecule has 0 aliphatic carbocycles. The summed E-state index contributed by atoms with van der Waals surface area (Å²) in [6, 6.07) is 9.71. The predicted molar refractivity (Wildman–Crippen MR) is 67.2 cm³/mol. The van der Waals surface area contributed by atoms with Crippen LogP contribution >= 0.6 is 0 Å². The molecular weight excluding hydrogens is 220 g/mol. The molecule has 0 saturated carbocycles. The average molecular weight is 234 g/mol. The van der Waals surface area contributed by atoms with E-state index in [1.807, 2.05) is 37.3 Å². The molecule has 16 heavy (non-hydrogen) atoms. The van der Waals surface area contributed by atoms with Crippen LogP contribution in [-0.2, 0) is 9.73 Å². The summed E-state index contributed by atoms with van der Waals surface area (Å²) in [5.41, 5.74) is 1.95. The van der Waals surface area contributed by atoms with Gasteiger partial charge >= 0.3 is 0 Å². The molecule has 0 saturated heterocycles. The number of hydrogen-bond donors (Lipinski definition) is 0. The van der Waals surface area contributed by atoms with E-state index in [4.69, 9.17) is 0 Å². The number of benzene rings is 1. The molecule has 4 heteroatoms. The zero-order valence-electron chi connectivity index (χ0n) is 9.60. The second-order valence-corrected chi connectivity index (χ2v) is 6.17. The smallest absolute Gasteiger partial charge is 0.136 e. The van der Waals surface area contributed by atoms with Crippen LogP contribution in [0.15, 0.2) is 39.7 Å². The number of aromatic nitrogens is 1. The largest absolute Gasteiger partial charge is 0.243 e. The van der Waals surface area contributed by atoms with Gasteiger partial charge in [0.2, 0.25) is 0 Å². The van der Waals surface area contributed by atoms with Crippen molar-refractivity contribution >= 4 is 20.6 Å². The van der Waals surface area contributed by atoms with Gasteiger partial charge in [0, 0.05) is 18.7 Å². The molecule has 2 rings (SSSR count). The van der Waals surface area contributed by atoms with Gasteiger partial charge in [0.05, 0.1) is 15.2 Å². The van der Waals surface area contributed by atoms with E-state index < -0.39 is 9.73 Å². The summed E-state index contributed by atoms with van der Waals surface area (Å²) in [4.78, 5) is 4.41. The normalized spacial score (nSPS) is 14.7. The molecule has 1 aromatic heterocycles. The zero-order valence-corrected chi connectivity index (χ0v) is 10.4. The first-order chi connectivity index (χ1) is 7.54. The van der Waals surface area contributed by atoms with Crippen molar-refractivity contribution in [2.45, 2.75) is 11.9 Å². The molecule has 2 aromatic rings. The van der Waals surface area contributed by atoms with Crippen molar-refractivity contribution in [3.05, 3.63) is 35.9 Å². The Morgan fingerprint density at radius 3 is 2.69 bits per heavy atom. The molecule has 84 valence electrons. The van der Waals surface area contributed by atoms with Gasteiger partial charge in [-0.25, -0.2) is 13.6 Å². The molecule has 1 heterocycles. The number of aryl methyl sites for hydroxylation is 1. The van der Waals surface area contributed by atoms with Crippen molar-refractivity contribution in [1.29, 1.82) is 0 Å². The Bertz CT molecular complexity index is 655. The van der Waals surface area contributed by atoms with E-state index in [0.29, 0.717) is 5.03 Å². The zero-order chi connectivity index (χ0) is 11.8. The summed E-state index contributed by atoms with van der Waals surface area (Å²) in [5.74, 6) is 0. The third-order valence-corrected chi connectivity index (χ3v) is 4.32. The van der Waals surface area contributed by atoms with Crippen molar-refractivity contribution in [2.24, 2.45) is 4.36 Å². The fraction of sp³-hybridized carbons (Fsp3) is 0.250. The molecule has 3 nitrogen and oxygen atoms in total. The lowest BCUT2D eigenvalue weighted by molar-refractivity contribution is 0.677. The lowest BCUT2D eigenvalue weighted by Crippen LogP contribution is -2.01. The first-order valence-corrected chi connectivity index (χ1v) is 6.93. The SMILES string of the molecule is CN=[S@@](C)(=O)c1cc(C)c2ccccc2n1. The fourth-order valence-corrected chi connectivity index (χ4v) is 2.46. The van der Waals surface area contributed by atoms with Crippen LogP contribution in [0.3, 0.4) is 0 Å². The summed E-state index contributed by atoms with van der Waals surface area (Å²) >= 11 is 0. The molecule has 0 spiro atoms. The van der Waals surface area contributed by atoms with Crippen LogP contribution < -0.4 is 0 Å². The van der Waals surface area contributed by atoms with Crippen molar-refractivity contribution in [3.8, 4) is 0 Å². The summed E-state index contributed by atoms with van der Waals surface area (Å²) in [7, 11) is -0.784. The van der Waals surface area contributed by atoms with Gasteiger partial charge in [-0.1, -0.05) is 18.2 Å². The third-order valence-electron chi connectivity index (χ3n) is 2.64. The van der Waals surface area contributed by atoms with Crippen LogP contribution in [0.1, 0.15) is 5.56 Å². The van der Waals surface area contributed by atoms with Gasteiger partial charge < -0.3 is 0 Å². The van der Waals surface area contributed by atoms with Gasteiger partial charge in [-0.2, -0.15) is 0 Å². The minimum atomic E-state index is -2.35. The highest BCUT2D eigenvalue weighted by atomic mass is 32.2. The summed E-state index contributed by atoms with van der Waals surface area (Å²) in [6.45, 7) is 2.00. The number of nitrogens with zero attached hydrogens (tertiary/aromatic N) is 2. The molecule has 1 atom stereocenters. The van der Waals surface area contributed by atoms with E-state index in [9.17, 15) is 4.21 Å². The molecule has 0 unspecified atom stereocenters. The predicted octanol–water partition coefficient (Wildman–Crippen LogP) is 2.63. The highest BCUT2D eigenvalue weighted by Gasteiger charge is 2.09. The number of pyridine rings is 1. The van der Waals surface area contributed by atoms with Crippen molar-refractivity contribution in [3.63, 3.8) is 0 Å². The van der Waals surface area contributed by atoms with Gasteiger partial charge in [-0.05, 0) is 24.6 Å². The van der Waals surface area contributed by atoms with Crippen LogP contribution in [0, 0.1) is 6.92 Å². The number of para-hydroxylation sites is 1. The second-order valence-electron chi connectivity index (χ2n) is 3.78. The minimum absolute atomic E-state index is 0.561. The molecule has 0 aliphatic heterocycles. The van der Waals surface area contributed by atoms with Crippen LogP contribution in [0.5, 0.6) is 0 Å². The number of fused-ring (bicyclic) bond motifs is 1. The van der Waals surface area contributed by atoms with Crippen LogP contribution in [0.4, 0.5) is 0 Å². The Kier molecular flexibility index (Phi) is 2.68. The van der Waals surface area contributed by atoms with Gasteiger partial charge in [0.15, 0.2) is 0 Å². The Balaban J connectivity index is 2.83. The van der Waals surface area contributed by atoms with Gasteiger partial charge in [0.1, 0.15) is 5.03 Å². The standard InChI is InChI=1S/C12H14N2OS/c1-9-8-12(16(3,15)13-2)14-11-7-5-4-6-10(9)11/h4-8H,1-3H3/t16-/m0/s1. The van der Waals surface area contributed by atoms with E-state index in [2.05, 4.69) is 9.35 Å². The van der Waals surface area contributed by atoms with Crippen molar-refractivity contribution < 1.29 is 4.21 Å². The minimum Gasteiger partial charge on any atom is -0.243 e. The van der Waals surface area contributed by atoms with Crippen LogP contribution in [0.25, 0.3) is 10.9 Å². The van der Waals surface area contributed by atoms with Gasteiger partial charge in [0.25, 0.3) is 0 Å². The topological polar surface area (TPSA) is 42.3 Å². The molecule has 0 aliphatic rings. The molecule has 1 aromatic carbocycles. The quantitative estimate of drug-likeness (QED) is 0.761. The first-order valence-electron chi connectivity index (χ1n) is 5.01. The lowest BCUT2D eigenvalue weighted by atomic mass is 10.1. The van der Waals surface area contributed by atoms with E-state index in [1.165, 1.54) is 0 Å². The first kappa shape index (κ1) is 11.1. The van der Waals surface area contributed by atoms with Crippen LogP contribution in [0.2, 0.25) is 0 Å². The van der Waals surface area contributed by atoms with Gasteiger partial charge in [-0.3, -0.25) is 0 Å². The maximum atomic E-state index is 12.1. The molecular formula is C12H14N2OS. The molecule has 0 radical (unpaired) electrons. The maximum Gasteiger partial charge on any atom is 0.136 e. The summed E-state index contributed by atoms with van der Waals surface area (Å²) in [5, 5.41) is 1.66. The van der Waals surface area contributed by atoms with Crippen molar-refractivity contribution in [2.75, 3.05) is 13.3 Å². The van der Waals surface area contributed by atoms with E-state index in [1.54, 1.807) is 13.3 Å². The highest BCUT2D eigenvalue weighted by molar-refractivity contribution is 7.92. The molecule has 0 N–H and O–H groups in total. The average Bonchev–Trinajstić information content (AvgIpc) is 2.29. The van der Waals surface area contributed by atoms with Crippen LogP contribution in [-0.4, -0.2) is 22.5 Å². The highest BCUT2D eigenvalue weighted by Crippen LogP contribution is 2.20. The molecule has 0 bridgehead atoms. The second kappa shape index (κ2) is 3.87. The fourth-order valence-electron chi connectivity index (χ4n) is 1.61. The Labute approximate surface area is 95.7 Å². The van der Waals surface area contributed by atoms with E-state index >= 15 is 0 Å².